The van der Waals surface area contributed by atoms with Crippen molar-refractivity contribution in [3.8, 4) is 17.2 Å². The summed E-state index contributed by atoms with van der Waals surface area (Å²) in [5, 5.41) is 6.96. The molecule has 0 aliphatic carbocycles. The van der Waals surface area contributed by atoms with Gasteiger partial charge in [0.05, 0.1) is 18.4 Å². The smallest absolute Gasteiger partial charge is 0.343 e. The number of amides is 1. The molecular weight excluding hydrogens is 587 g/mol. The van der Waals surface area contributed by atoms with Crippen molar-refractivity contribution in [2.75, 3.05) is 6.61 Å². The minimum atomic E-state index is -0.530. The number of hydrogen-bond donors (Lipinski definition) is 1. The van der Waals surface area contributed by atoms with Crippen LogP contribution in [0.5, 0.6) is 17.2 Å². The van der Waals surface area contributed by atoms with Crippen LogP contribution in [0.2, 0.25) is 10.0 Å². The summed E-state index contributed by atoms with van der Waals surface area (Å²) in [5.74, 6) is 0.589. The van der Waals surface area contributed by atoms with Crippen molar-refractivity contribution in [3.63, 3.8) is 0 Å². The molecule has 0 unspecified atom stereocenters. The maximum Gasteiger partial charge on any atom is 0.343 e. The highest BCUT2D eigenvalue weighted by Gasteiger charge is 2.14. The molecule has 0 aliphatic rings. The molecule has 7 nitrogen and oxygen atoms in total. The zero-order chi connectivity index (χ0) is 30.2. The number of carbonyl (C=O) groups is 2. The maximum atomic E-state index is 12.9. The lowest BCUT2D eigenvalue weighted by atomic mass is 10.0. The van der Waals surface area contributed by atoms with Gasteiger partial charge in [-0.1, -0.05) is 59.6 Å². The van der Waals surface area contributed by atoms with Gasteiger partial charge in [0.1, 0.15) is 23.9 Å². The monoisotopic (exact) mass is 612 g/mol. The van der Waals surface area contributed by atoms with Crippen molar-refractivity contribution in [2.24, 2.45) is 5.10 Å². The third-order valence-electron chi connectivity index (χ3n) is 6.42. The minimum absolute atomic E-state index is 0.252. The van der Waals surface area contributed by atoms with Crippen LogP contribution in [0, 0.1) is 0 Å². The van der Waals surface area contributed by atoms with Gasteiger partial charge >= 0.3 is 5.97 Å². The van der Waals surface area contributed by atoms with E-state index in [0.717, 1.165) is 16.3 Å². The quantitative estimate of drug-likeness (QED) is 0.0745. The molecule has 0 heterocycles. The van der Waals surface area contributed by atoms with E-state index in [4.69, 9.17) is 37.4 Å². The van der Waals surface area contributed by atoms with Gasteiger partial charge in [-0.25, -0.2) is 10.2 Å². The molecule has 1 amide bonds. The molecule has 0 aromatic heterocycles. The number of esters is 1. The van der Waals surface area contributed by atoms with Gasteiger partial charge in [0.2, 0.25) is 0 Å². The Morgan fingerprint density at radius 2 is 1.51 bits per heavy atom. The van der Waals surface area contributed by atoms with Crippen molar-refractivity contribution in [1.82, 2.24) is 5.43 Å². The number of carbonyl (C=O) groups excluding carboxylic acids is 2. The third-order valence-corrected chi connectivity index (χ3v) is 7.01. The summed E-state index contributed by atoms with van der Waals surface area (Å²) >= 11 is 12.2. The number of nitrogens with one attached hydrogen (secondary N) is 1. The summed E-state index contributed by atoms with van der Waals surface area (Å²) in [4.78, 5) is 25.7. The van der Waals surface area contributed by atoms with Crippen LogP contribution in [-0.2, 0) is 6.61 Å². The topological polar surface area (TPSA) is 86.2 Å². The van der Waals surface area contributed by atoms with Gasteiger partial charge in [-0.15, -0.1) is 0 Å². The van der Waals surface area contributed by atoms with Gasteiger partial charge in [0, 0.05) is 26.7 Å². The van der Waals surface area contributed by atoms with E-state index in [1.165, 1.54) is 6.21 Å². The fourth-order valence-electron chi connectivity index (χ4n) is 4.23. The molecule has 1 N–H and O–H groups in total. The van der Waals surface area contributed by atoms with Crippen LogP contribution < -0.4 is 19.6 Å². The number of halogens is 2. The molecule has 0 radical (unpaired) electrons. The van der Waals surface area contributed by atoms with Crippen LogP contribution >= 0.6 is 23.2 Å². The molecule has 216 valence electrons. The lowest BCUT2D eigenvalue weighted by Crippen LogP contribution is -2.17. The zero-order valence-electron chi connectivity index (χ0n) is 23.1. The van der Waals surface area contributed by atoms with Crippen molar-refractivity contribution in [2.45, 2.75) is 13.5 Å². The van der Waals surface area contributed by atoms with E-state index in [1.54, 1.807) is 72.8 Å². The first-order chi connectivity index (χ1) is 20.9. The molecular formula is C34H26Cl2N2O5. The number of hydrogen-bond acceptors (Lipinski definition) is 6. The van der Waals surface area contributed by atoms with Crippen molar-refractivity contribution in [3.05, 3.63) is 135 Å². The van der Waals surface area contributed by atoms with Crippen LogP contribution in [-0.4, -0.2) is 24.7 Å². The summed E-state index contributed by atoms with van der Waals surface area (Å²) in [7, 11) is 0. The number of ether oxygens (including phenoxy) is 3. The number of nitrogens with zero attached hydrogens (tertiary/aromatic N) is 1. The van der Waals surface area contributed by atoms with Crippen LogP contribution in [0.1, 0.15) is 38.8 Å². The highest BCUT2D eigenvalue weighted by Crippen LogP contribution is 2.28. The summed E-state index contributed by atoms with van der Waals surface area (Å²) in [6, 6.07) is 29.7. The van der Waals surface area contributed by atoms with Gasteiger partial charge in [-0.05, 0) is 84.4 Å². The summed E-state index contributed by atoms with van der Waals surface area (Å²) in [5.41, 5.74) is 4.63. The largest absolute Gasteiger partial charge is 0.494 e. The lowest BCUT2D eigenvalue weighted by molar-refractivity contribution is 0.0734. The zero-order valence-corrected chi connectivity index (χ0v) is 24.6. The van der Waals surface area contributed by atoms with Gasteiger partial charge < -0.3 is 14.2 Å². The van der Waals surface area contributed by atoms with E-state index in [2.05, 4.69) is 10.5 Å². The molecule has 0 bridgehead atoms. The Morgan fingerprint density at radius 3 is 2.23 bits per heavy atom. The molecule has 43 heavy (non-hydrogen) atoms. The minimum Gasteiger partial charge on any atom is -0.494 e. The third kappa shape index (κ3) is 7.52. The molecule has 0 spiro atoms. The first-order valence-electron chi connectivity index (χ1n) is 13.4. The molecule has 9 heteroatoms. The van der Waals surface area contributed by atoms with E-state index >= 15 is 0 Å². The van der Waals surface area contributed by atoms with Gasteiger partial charge in [-0.2, -0.15) is 5.10 Å². The predicted octanol–water partition coefficient (Wildman–Crippen LogP) is 8.11. The molecule has 0 saturated heterocycles. The first-order valence-corrected chi connectivity index (χ1v) is 14.1. The molecule has 0 atom stereocenters. The maximum absolute atomic E-state index is 12.9. The SMILES string of the molecule is CCOc1ccc(C(=O)Oc2ccc3ccccc3c2/C=N/NC(=O)c2ccc(OCc3ccc(Cl)cc3Cl)cc2)cc1. The summed E-state index contributed by atoms with van der Waals surface area (Å²) in [6.45, 7) is 2.67. The van der Waals surface area contributed by atoms with Gasteiger partial charge in [-0.3, -0.25) is 4.79 Å². The van der Waals surface area contributed by atoms with Crippen molar-refractivity contribution >= 4 is 52.1 Å². The molecule has 5 aromatic carbocycles. The Balaban J connectivity index is 1.27. The standard InChI is InChI=1S/C34H26Cl2N2O5/c1-2-41-27-16-10-24(11-17-27)34(40)43-32-18-12-22-5-3-4-6-29(22)30(32)20-37-38-33(39)23-8-14-28(15-9-23)42-21-25-7-13-26(35)19-31(25)36/h3-20H,2,21H2,1H3,(H,38,39)/b37-20+. The Labute approximate surface area is 258 Å². The van der Waals surface area contributed by atoms with Crippen LogP contribution in [0.3, 0.4) is 0 Å². The molecule has 0 fully saturated rings. The van der Waals surface area contributed by atoms with Crippen LogP contribution in [0.25, 0.3) is 10.8 Å². The fraction of sp³-hybridized carbons (Fsp3) is 0.0882. The van der Waals surface area contributed by atoms with Crippen molar-refractivity contribution < 1.29 is 23.8 Å². The number of fused-ring (bicyclic) bond motifs is 1. The van der Waals surface area contributed by atoms with E-state index in [1.807, 2.05) is 37.3 Å². The number of benzene rings is 5. The molecule has 5 rings (SSSR count). The van der Waals surface area contributed by atoms with Gasteiger partial charge in [0.25, 0.3) is 5.91 Å². The van der Waals surface area contributed by atoms with Gasteiger partial charge in [0.15, 0.2) is 0 Å². The Bertz CT molecular complexity index is 1790. The summed E-state index contributed by atoms with van der Waals surface area (Å²) < 4.78 is 17.0. The predicted molar refractivity (Wildman–Crippen MR) is 169 cm³/mol. The molecule has 0 saturated carbocycles. The number of hydrazone groups is 1. The van der Waals surface area contributed by atoms with E-state index in [9.17, 15) is 9.59 Å². The number of rotatable bonds is 10. The highest BCUT2D eigenvalue weighted by molar-refractivity contribution is 6.35. The average Bonchev–Trinajstić information content (AvgIpc) is 3.02. The van der Waals surface area contributed by atoms with Crippen LogP contribution in [0.4, 0.5) is 0 Å². The Hall–Kier alpha value is -4.85. The van der Waals surface area contributed by atoms with Crippen LogP contribution in [0.15, 0.2) is 108 Å². The first kappa shape index (κ1) is 29.6. The molecule has 5 aromatic rings. The second-order valence-corrected chi connectivity index (χ2v) is 10.1. The van der Waals surface area contributed by atoms with E-state index in [-0.39, 0.29) is 6.61 Å². The lowest BCUT2D eigenvalue weighted by Gasteiger charge is -2.11. The average molecular weight is 613 g/mol. The van der Waals surface area contributed by atoms with E-state index in [0.29, 0.717) is 50.6 Å². The highest BCUT2D eigenvalue weighted by atomic mass is 35.5. The summed E-state index contributed by atoms with van der Waals surface area (Å²) in [6.07, 6.45) is 1.47. The fourth-order valence-corrected chi connectivity index (χ4v) is 4.70. The second-order valence-electron chi connectivity index (χ2n) is 9.29. The normalized spacial score (nSPS) is 11.0. The second kappa shape index (κ2) is 13.9. The molecule has 0 aliphatic heterocycles. The van der Waals surface area contributed by atoms with Crippen molar-refractivity contribution in [1.29, 1.82) is 0 Å². The Morgan fingerprint density at radius 1 is 0.814 bits per heavy atom. The van der Waals surface area contributed by atoms with E-state index < -0.39 is 11.9 Å². The Kier molecular flexibility index (Phi) is 9.56.